The number of carbonyl (C=O) groups excluding carboxylic acids is 1. The maximum Gasteiger partial charge on any atom is 0.338 e. The summed E-state index contributed by atoms with van der Waals surface area (Å²) in [6.45, 7) is 3.55. The molecule has 0 bridgehead atoms. The average molecular weight is 477 g/mol. The first-order chi connectivity index (χ1) is 14.4. The fourth-order valence-corrected chi connectivity index (χ4v) is 4.44. The monoisotopic (exact) mass is 476 g/mol. The Kier molecular flexibility index (Phi) is 6.93. The summed E-state index contributed by atoms with van der Waals surface area (Å²) in [5.41, 5.74) is 6.99. The van der Waals surface area contributed by atoms with E-state index < -0.39 is 11.9 Å². The number of hydrogen-bond donors (Lipinski definition) is 1. The van der Waals surface area contributed by atoms with Gasteiger partial charge in [-0.25, -0.2) is 4.79 Å². The largest absolute Gasteiger partial charge is 0.493 e. The number of esters is 1. The SMILES string of the molecule is CCOC(=O)C1=C(C)OC(N)=C(C#N)C1c1cc(Br)c(OC2CCCC2)c(OC)c1. The Morgan fingerprint density at radius 3 is 2.67 bits per heavy atom. The minimum absolute atomic E-state index is 0.0329. The number of ether oxygens (including phenoxy) is 4. The van der Waals surface area contributed by atoms with Crippen LogP contribution in [0.15, 0.2) is 39.4 Å². The summed E-state index contributed by atoms with van der Waals surface area (Å²) in [6.07, 6.45) is 4.45. The molecule has 8 heteroatoms. The van der Waals surface area contributed by atoms with E-state index in [1.807, 2.05) is 6.07 Å². The van der Waals surface area contributed by atoms with Crippen molar-refractivity contribution in [2.75, 3.05) is 13.7 Å². The third-order valence-corrected chi connectivity index (χ3v) is 5.86. The molecule has 7 nitrogen and oxygen atoms in total. The number of nitrogens with zero attached hydrogens (tertiary/aromatic N) is 1. The molecule has 1 fully saturated rings. The van der Waals surface area contributed by atoms with E-state index in [1.165, 1.54) is 0 Å². The summed E-state index contributed by atoms with van der Waals surface area (Å²) >= 11 is 3.57. The van der Waals surface area contributed by atoms with Crippen LogP contribution in [0.25, 0.3) is 0 Å². The Balaban J connectivity index is 2.09. The minimum atomic E-state index is -0.742. The Labute approximate surface area is 184 Å². The van der Waals surface area contributed by atoms with Gasteiger partial charge in [0, 0.05) is 0 Å². The number of nitriles is 1. The van der Waals surface area contributed by atoms with Gasteiger partial charge in [-0.2, -0.15) is 5.26 Å². The van der Waals surface area contributed by atoms with Gasteiger partial charge in [0.15, 0.2) is 11.5 Å². The topological polar surface area (TPSA) is 104 Å². The molecule has 1 atom stereocenters. The molecule has 0 amide bonds. The Morgan fingerprint density at radius 1 is 1.37 bits per heavy atom. The zero-order chi connectivity index (χ0) is 21.8. The van der Waals surface area contributed by atoms with Crippen LogP contribution in [0.3, 0.4) is 0 Å². The summed E-state index contributed by atoms with van der Waals surface area (Å²) in [7, 11) is 1.56. The quantitative estimate of drug-likeness (QED) is 0.605. The highest BCUT2D eigenvalue weighted by atomic mass is 79.9. The summed E-state index contributed by atoms with van der Waals surface area (Å²) in [5, 5.41) is 9.74. The van der Waals surface area contributed by atoms with E-state index in [9.17, 15) is 10.1 Å². The van der Waals surface area contributed by atoms with Crippen LogP contribution in [0, 0.1) is 11.3 Å². The fourth-order valence-electron chi connectivity index (χ4n) is 3.88. The van der Waals surface area contributed by atoms with E-state index in [-0.39, 0.29) is 29.7 Å². The molecule has 1 aliphatic carbocycles. The van der Waals surface area contributed by atoms with Gasteiger partial charge in [0.2, 0.25) is 5.88 Å². The van der Waals surface area contributed by atoms with E-state index in [2.05, 4.69) is 22.0 Å². The molecule has 160 valence electrons. The number of nitrogens with two attached hydrogens (primary N) is 1. The Morgan fingerprint density at radius 2 is 2.07 bits per heavy atom. The number of benzene rings is 1. The van der Waals surface area contributed by atoms with Crippen molar-refractivity contribution in [1.82, 2.24) is 0 Å². The van der Waals surface area contributed by atoms with Crippen molar-refractivity contribution >= 4 is 21.9 Å². The molecule has 1 unspecified atom stereocenters. The fraction of sp³-hybridized carbons (Fsp3) is 0.455. The maximum atomic E-state index is 12.7. The molecule has 3 rings (SSSR count). The highest BCUT2D eigenvalue weighted by Crippen LogP contribution is 2.45. The zero-order valence-corrected chi connectivity index (χ0v) is 18.9. The molecule has 0 saturated heterocycles. The molecule has 0 radical (unpaired) electrons. The lowest BCUT2D eigenvalue weighted by atomic mass is 9.83. The molecular weight excluding hydrogens is 452 g/mol. The number of methoxy groups -OCH3 is 1. The van der Waals surface area contributed by atoms with Gasteiger partial charge in [0.1, 0.15) is 17.4 Å². The molecule has 2 N–H and O–H groups in total. The van der Waals surface area contributed by atoms with Gasteiger partial charge in [-0.15, -0.1) is 0 Å². The summed E-state index contributed by atoms with van der Waals surface area (Å²) < 4.78 is 23.1. The third kappa shape index (κ3) is 4.26. The molecule has 30 heavy (non-hydrogen) atoms. The predicted molar refractivity (Wildman–Crippen MR) is 114 cm³/mol. The van der Waals surface area contributed by atoms with Gasteiger partial charge >= 0.3 is 5.97 Å². The van der Waals surface area contributed by atoms with Crippen LogP contribution in [-0.2, 0) is 14.3 Å². The number of halogens is 1. The lowest BCUT2D eigenvalue weighted by Gasteiger charge is -2.28. The second kappa shape index (κ2) is 9.43. The summed E-state index contributed by atoms with van der Waals surface area (Å²) in [6, 6.07) is 5.67. The van der Waals surface area contributed by atoms with Crippen LogP contribution >= 0.6 is 15.9 Å². The molecule has 0 spiro atoms. The van der Waals surface area contributed by atoms with Gasteiger partial charge < -0.3 is 24.7 Å². The second-order valence-electron chi connectivity index (χ2n) is 7.17. The Bertz CT molecular complexity index is 942. The molecule has 1 aliphatic heterocycles. The van der Waals surface area contributed by atoms with E-state index in [0.717, 1.165) is 25.7 Å². The van der Waals surface area contributed by atoms with E-state index in [0.29, 0.717) is 27.3 Å². The van der Waals surface area contributed by atoms with Crippen LogP contribution in [-0.4, -0.2) is 25.8 Å². The van der Waals surface area contributed by atoms with Gasteiger partial charge in [0.25, 0.3) is 0 Å². The van der Waals surface area contributed by atoms with Crippen LogP contribution in [0.5, 0.6) is 11.5 Å². The first-order valence-corrected chi connectivity index (χ1v) is 10.7. The highest BCUT2D eigenvalue weighted by molar-refractivity contribution is 9.10. The summed E-state index contributed by atoms with van der Waals surface area (Å²) in [4.78, 5) is 12.7. The van der Waals surface area contributed by atoms with Gasteiger partial charge in [0.05, 0.1) is 35.8 Å². The van der Waals surface area contributed by atoms with Crippen molar-refractivity contribution in [3.8, 4) is 17.6 Å². The van der Waals surface area contributed by atoms with Crippen LogP contribution in [0.2, 0.25) is 0 Å². The smallest absolute Gasteiger partial charge is 0.338 e. The van der Waals surface area contributed by atoms with Gasteiger partial charge in [-0.1, -0.05) is 0 Å². The van der Waals surface area contributed by atoms with Gasteiger partial charge in [-0.3, -0.25) is 0 Å². The van der Waals surface area contributed by atoms with Crippen LogP contribution in [0.4, 0.5) is 0 Å². The van der Waals surface area contributed by atoms with Crippen molar-refractivity contribution in [1.29, 1.82) is 5.26 Å². The molecule has 1 aromatic rings. The molecule has 0 aromatic heterocycles. The van der Waals surface area contributed by atoms with E-state index in [4.69, 9.17) is 24.7 Å². The van der Waals surface area contributed by atoms with Crippen LogP contribution in [0.1, 0.15) is 51.0 Å². The average Bonchev–Trinajstić information content (AvgIpc) is 3.22. The first-order valence-electron chi connectivity index (χ1n) is 9.90. The first kappa shape index (κ1) is 22.0. The molecule has 1 aromatic carbocycles. The number of hydrogen-bond acceptors (Lipinski definition) is 7. The molecular formula is C22H25BrN2O5. The minimum Gasteiger partial charge on any atom is -0.493 e. The lowest BCUT2D eigenvalue weighted by molar-refractivity contribution is -0.139. The zero-order valence-electron chi connectivity index (χ0n) is 17.3. The van der Waals surface area contributed by atoms with Crippen molar-refractivity contribution in [3.63, 3.8) is 0 Å². The number of rotatable bonds is 6. The van der Waals surface area contributed by atoms with Crippen LogP contribution < -0.4 is 15.2 Å². The van der Waals surface area contributed by atoms with E-state index >= 15 is 0 Å². The standard InChI is InChI=1S/C22H25BrN2O5/c1-4-28-22(26)18-12(2)29-21(25)15(11-24)19(18)13-9-16(23)20(17(10-13)27-3)30-14-7-5-6-8-14/h9-10,14,19H,4-8,25H2,1-3H3. The Hall–Kier alpha value is -2.66. The lowest BCUT2D eigenvalue weighted by Crippen LogP contribution is -2.25. The molecule has 2 aliphatic rings. The normalized spacial score (nSPS) is 19.4. The number of carbonyl (C=O) groups is 1. The summed E-state index contributed by atoms with van der Waals surface area (Å²) in [5.74, 6) is 0.0874. The third-order valence-electron chi connectivity index (χ3n) is 5.27. The van der Waals surface area contributed by atoms with Crippen molar-refractivity contribution in [2.45, 2.75) is 51.6 Å². The van der Waals surface area contributed by atoms with E-state index in [1.54, 1.807) is 27.0 Å². The van der Waals surface area contributed by atoms with Crippen molar-refractivity contribution in [3.05, 3.63) is 45.0 Å². The van der Waals surface area contributed by atoms with Crippen molar-refractivity contribution < 1.29 is 23.7 Å². The van der Waals surface area contributed by atoms with Gasteiger partial charge in [-0.05, 0) is 73.2 Å². The maximum absolute atomic E-state index is 12.7. The highest BCUT2D eigenvalue weighted by Gasteiger charge is 2.37. The van der Waals surface area contributed by atoms with Crippen molar-refractivity contribution in [2.24, 2.45) is 5.73 Å². The molecule has 1 saturated carbocycles. The molecule has 1 heterocycles. The predicted octanol–water partition coefficient (Wildman–Crippen LogP) is 4.42. The second-order valence-corrected chi connectivity index (χ2v) is 8.03. The number of allylic oxidation sites excluding steroid dienone is 2.